The van der Waals surface area contributed by atoms with Gasteiger partial charge in [0.25, 0.3) is 5.56 Å². The van der Waals surface area contributed by atoms with Gasteiger partial charge in [0.1, 0.15) is 0 Å². The lowest BCUT2D eigenvalue weighted by atomic mass is 9.80. The summed E-state index contributed by atoms with van der Waals surface area (Å²) >= 11 is 0. The molecule has 148 valence electrons. The predicted molar refractivity (Wildman–Crippen MR) is 105 cm³/mol. The van der Waals surface area contributed by atoms with Crippen LogP contribution in [0.15, 0.2) is 41.2 Å². The normalized spacial score (nSPS) is 19.9. The number of hydrogen-bond donors (Lipinski definition) is 1. The Balaban J connectivity index is 1.71. The van der Waals surface area contributed by atoms with Crippen molar-refractivity contribution < 1.29 is 14.7 Å². The van der Waals surface area contributed by atoms with Crippen molar-refractivity contribution in [3.63, 3.8) is 0 Å². The van der Waals surface area contributed by atoms with Crippen LogP contribution in [0.1, 0.15) is 36.4 Å². The standard InChI is InChI=1S/C22H21N3O4/c23-10-14-2-1-3-16(8-14)18-4-5-20(27)25-12-15-9-17(22(18)25)13-24(11-15)19(26)6-7-21(28)29/h1-5,8,15,17H,6-7,9,11-13H2,(H,28,29). The monoisotopic (exact) mass is 391 g/mol. The van der Waals surface area contributed by atoms with Crippen molar-refractivity contribution in [1.29, 1.82) is 5.26 Å². The number of benzene rings is 1. The summed E-state index contributed by atoms with van der Waals surface area (Å²) in [5.41, 5.74) is 3.18. The topological polar surface area (TPSA) is 103 Å². The van der Waals surface area contributed by atoms with Crippen LogP contribution in [0.2, 0.25) is 0 Å². The molecule has 3 heterocycles. The molecular weight excluding hydrogens is 370 g/mol. The molecule has 0 spiro atoms. The van der Waals surface area contributed by atoms with Gasteiger partial charge in [-0.15, -0.1) is 0 Å². The summed E-state index contributed by atoms with van der Waals surface area (Å²) in [5, 5.41) is 18.1. The number of pyridine rings is 1. The number of aliphatic carboxylic acids is 1. The molecule has 1 N–H and O–H groups in total. The molecule has 2 aromatic rings. The summed E-state index contributed by atoms with van der Waals surface area (Å²) in [6, 6.07) is 12.8. The lowest BCUT2D eigenvalue weighted by Crippen LogP contribution is -2.49. The average molecular weight is 391 g/mol. The smallest absolute Gasteiger partial charge is 0.303 e. The molecule has 2 unspecified atom stereocenters. The van der Waals surface area contributed by atoms with E-state index in [4.69, 9.17) is 5.11 Å². The fraction of sp³-hybridized carbons (Fsp3) is 0.364. The number of amides is 1. The first-order valence-corrected chi connectivity index (χ1v) is 9.70. The van der Waals surface area contributed by atoms with Crippen LogP contribution in [0.4, 0.5) is 0 Å². The molecule has 1 aromatic carbocycles. The second-order valence-corrected chi connectivity index (χ2v) is 7.76. The molecule has 1 fully saturated rings. The number of aromatic nitrogens is 1. The van der Waals surface area contributed by atoms with Crippen molar-refractivity contribution in [1.82, 2.24) is 9.47 Å². The third-order valence-corrected chi connectivity index (χ3v) is 5.80. The van der Waals surface area contributed by atoms with E-state index in [1.54, 1.807) is 23.1 Å². The van der Waals surface area contributed by atoms with Crippen LogP contribution < -0.4 is 5.56 Å². The number of carboxylic acids is 1. The zero-order valence-corrected chi connectivity index (χ0v) is 15.9. The van der Waals surface area contributed by atoms with E-state index in [1.807, 2.05) is 22.8 Å². The molecule has 7 heteroatoms. The zero-order chi connectivity index (χ0) is 20.5. The Morgan fingerprint density at radius 3 is 2.72 bits per heavy atom. The summed E-state index contributed by atoms with van der Waals surface area (Å²) in [5.74, 6) is -0.951. The Kier molecular flexibility index (Phi) is 4.93. The average Bonchev–Trinajstić information content (AvgIpc) is 2.72. The fourth-order valence-electron chi connectivity index (χ4n) is 4.59. The Morgan fingerprint density at radius 2 is 1.97 bits per heavy atom. The Labute approximate surface area is 167 Å². The minimum Gasteiger partial charge on any atom is -0.481 e. The van der Waals surface area contributed by atoms with Gasteiger partial charge >= 0.3 is 5.97 Å². The molecule has 0 aliphatic carbocycles. The molecule has 2 bridgehead atoms. The van der Waals surface area contributed by atoms with Crippen LogP contribution in [-0.4, -0.2) is 39.5 Å². The van der Waals surface area contributed by atoms with Crippen molar-refractivity contribution in [3.05, 3.63) is 58.0 Å². The molecule has 0 radical (unpaired) electrons. The number of carbonyl (C=O) groups is 2. The molecule has 2 aliphatic rings. The minimum atomic E-state index is -0.980. The fourth-order valence-corrected chi connectivity index (χ4v) is 4.59. The number of likely N-dealkylation sites (tertiary alicyclic amines) is 1. The van der Waals surface area contributed by atoms with Gasteiger partial charge in [0.15, 0.2) is 0 Å². The molecule has 2 aliphatic heterocycles. The van der Waals surface area contributed by atoms with Gasteiger partial charge in [-0.3, -0.25) is 14.4 Å². The van der Waals surface area contributed by atoms with Crippen molar-refractivity contribution in [2.45, 2.75) is 31.7 Å². The van der Waals surface area contributed by atoms with E-state index in [2.05, 4.69) is 6.07 Å². The molecule has 29 heavy (non-hydrogen) atoms. The molecular formula is C22H21N3O4. The largest absolute Gasteiger partial charge is 0.481 e. The van der Waals surface area contributed by atoms with E-state index < -0.39 is 5.97 Å². The van der Waals surface area contributed by atoms with E-state index in [9.17, 15) is 19.6 Å². The van der Waals surface area contributed by atoms with Gasteiger partial charge in [0.05, 0.1) is 18.1 Å². The SMILES string of the molecule is N#Cc1cccc(-c2ccc(=O)n3c2C2CC(CN(C(=O)CCC(=O)O)C2)C3)c1. The number of piperidine rings is 1. The Bertz CT molecular complexity index is 1080. The number of nitrogens with zero attached hydrogens (tertiary/aromatic N) is 3. The highest BCUT2D eigenvalue weighted by molar-refractivity contribution is 5.81. The molecule has 1 amide bonds. The van der Waals surface area contributed by atoms with Crippen LogP contribution in [0.5, 0.6) is 0 Å². The van der Waals surface area contributed by atoms with Crippen LogP contribution >= 0.6 is 0 Å². The van der Waals surface area contributed by atoms with Crippen LogP contribution in [0.25, 0.3) is 11.1 Å². The number of carbonyl (C=O) groups excluding carboxylic acids is 1. The number of fused-ring (bicyclic) bond motifs is 4. The van der Waals surface area contributed by atoms with Crippen LogP contribution in [0.3, 0.4) is 0 Å². The second-order valence-electron chi connectivity index (χ2n) is 7.76. The molecule has 2 atom stereocenters. The highest BCUT2D eigenvalue weighted by atomic mass is 16.4. The summed E-state index contributed by atoms with van der Waals surface area (Å²) in [6.07, 6.45) is 0.706. The second kappa shape index (κ2) is 7.55. The number of nitriles is 1. The van der Waals surface area contributed by atoms with E-state index >= 15 is 0 Å². The number of rotatable bonds is 4. The maximum atomic E-state index is 12.6. The maximum Gasteiger partial charge on any atom is 0.303 e. The quantitative estimate of drug-likeness (QED) is 0.861. The van der Waals surface area contributed by atoms with Crippen molar-refractivity contribution in [2.24, 2.45) is 5.92 Å². The van der Waals surface area contributed by atoms with Gasteiger partial charge in [-0.1, -0.05) is 12.1 Å². The Morgan fingerprint density at radius 1 is 1.14 bits per heavy atom. The first kappa shape index (κ1) is 18.9. The van der Waals surface area contributed by atoms with Gasteiger partial charge in [0, 0.05) is 49.3 Å². The van der Waals surface area contributed by atoms with Gasteiger partial charge in [0.2, 0.25) is 5.91 Å². The minimum absolute atomic E-state index is 0.00548. The van der Waals surface area contributed by atoms with Gasteiger partial charge in [-0.2, -0.15) is 5.26 Å². The van der Waals surface area contributed by atoms with E-state index in [1.165, 1.54) is 0 Å². The van der Waals surface area contributed by atoms with Crippen LogP contribution in [-0.2, 0) is 16.1 Å². The van der Waals surface area contributed by atoms with Gasteiger partial charge < -0.3 is 14.6 Å². The number of carboxylic acid groups (broad SMARTS) is 1. The third kappa shape index (κ3) is 3.66. The van der Waals surface area contributed by atoms with Gasteiger partial charge in [-0.05, 0) is 36.1 Å². The van der Waals surface area contributed by atoms with E-state index in [0.29, 0.717) is 25.2 Å². The van der Waals surface area contributed by atoms with Crippen molar-refractivity contribution >= 4 is 11.9 Å². The predicted octanol–water partition coefficient (Wildman–Crippen LogP) is 2.20. The van der Waals surface area contributed by atoms with Crippen LogP contribution in [0, 0.1) is 17.2 Å². The summed E-state index contributed by atoms with van der Waals surface area (Å²) < 4.78 is 1.81. The third-order valence-electron chi connectivity index (χ3n) is 5.80. The highest BCUT2D eigenvalue weighted by Crippen LogP contribution is 2.40. The lowest BCUT2D eigenvalue weighted by Gasteiger charge is -2.43. The van der Waals surface area contributed by atoms with E-state index in [0.717, 1.165) is 23.2 Å². The van der Waals surface area contributed by atoms with E-state index in [-0.39, 0.29) is 36.1 Å². The maximum absolute atomic E-state index is 12.6. The molecule has 4 rings (SSSR count). The van der Waals surface area contributed by atoms with Gasteiger partial charge in [-0.25, -0.2) is 0 Å². The highest BCUT2D eigenvalue weighted by Gasteiger charge is 2.37. The summed E-state index contributed by atoms with van der Waals surface area (Å²) in [4.78, 5) is 37.6. The molecule has 7 nitrogen and oxygen atoms in total. The summed E-state index contributed by atoms with van der Waals surface area (Å²) in [7, 11) is 0. The number of hydrogen-bond acceptors (Lipinski definition) is 4. The molecule has 0 saturated carbocycles. The first-order chi connectivity index (χ1) is 14.0. The van der Waals surface area contributed by atoms with Crippen molar-refractivity contribution in [2.75, 3.05) is 13.1 Å². The lowest BCUT2D eigenvalue weighted by molar-refractivity contribution is -0.141. The first-order valence-electron chi connectivity index (χ1n) is 9.70. The molecule has 1 saturated heterocycles. The summed E-state index contributed by atoms with van der Waals surface area (Å²) in [6.45, 7) is 1.57. The zero-order valence-electron chi connectivity index (χ0n) is 15.9. The molecule has 1 aromatic heterocycles. The van der Waals surface area contributed by atoms with Crippen molar-refractivity contribution in [3.8, 4) is 17.2 Å². The Hall–Kier alpha value is -3.40.